The molecule has 0 saturated heterocycles. The van der Waals surface area contributed by atoms with Crippen molar-refractivity contribution < 1.29 is 13.2 Å². The molecule has 160 valence electrons. The average Bonchev–Trinajstić information content (AvgIpc) is 3.19. The minimum Gasteiger partial charge on any atom is -0.312 e. The first kappa shape index (κ1) is 21.1. The standard InChI is InChI=1S/C24H30N2O3S/c1-18(27)26-15-14-21-16-22(12-13-24(21)26)30(28,29)25-17-23(19-8-4-2-5-9-19)20-10-6-3-7-11-20/h2,4-5,8-9,12-13,16,20,23,25H,3,6-7,10-11,14-15,17H2,1H3/t23-/m0/s1. The quantitative estimate of drug-likeness (QED) is 0.751. The van der Waals surface area contributed by atoms with Gasteiger partial charge in [-0.1, -0.05) is 49.6 Å². The van der Waals surface area contributed by atoms with E-state index in [1.807, 2.05) is 18.2 Å². The monoisotopic (exact) mass is 426 g/mol. The molecule has 1 N–H and O–H groups in total. The molecule has 5 nitrogen and oxygen atoms in total. The van der Waals surface area contributed by atoms with Gasteiger partial charge in [-0.05, 0) is 54.5 Å². The van der Waals surface area contributed by atoms with E-state index < -0.39 is 10.0 Å². The largest absolute Gasteiger partial charge is 0.312 e. The van der Waals surface area contributed by atoms with Gasteiger partial charge in [0.05, 0.1) is 4.90 Å². The minimum absolute atomic E-state index is 0.0133. The van der Waals surface area contributed by atoms with Crippen molar-refractivity contribution in [2.75, 3.05) is 18.0 Å². The highest BCUT2D eigenvalue weighted by molar-refractivity contribution is 7.89. The Morgan fingerprint density at radius 1 is 1.10 bits per heavy atom. The fourth-order valence-corrected chi connectivity index (χ4v) is 6.06. The number of benzene rings is 2. The third-order valence-electron chi connectivity index (χ3n) is 6.58. The highest BCUT2D eigenvalue weighted by atomic mass is 32.2. The topological polar surface area (TPSA) is 66.5 Å². The molecule has 2 aromatic rings. The zero-order chi connectivity index (χ0) is 21.1. The predicted molar refractivity (Wildman–Crippen MR) is 119 cm³/mol. The van der Waals surface area contributed by atoms with Crippen molar-refractivity contribution in [2.45, 2.75) is 56.3 Å². The van der Waals surface area contributed by atoms with Gasteiger partial charge in [0.1, 0.15) is 0 Å². The van der Waals surface area contributed by atoms with E-state index in [1.165, 1.54) is 31.7 Å². The Balaban J connectivity index is 1.53. The highest BCUT2D eigenvalue weighted by Gasteiger charge is 2.28. The second kappa shape index (κ2) is 8.90. The highest BCUT2D eigenvalue weighted by Crippen LogP contribution is 2.36. The lowest BCUT2D eigenvalue weighted by molar-refractivity contribution is -0.116. The van der Waals surface area contributed by atoms with Crippen molar-refractivity contribution in [2.24, 2.45) is 5.92 Å². The van der Waals surface area contributed by atoms with Crippen LogP contribution in [0.4, 0.5) is 5.69 Å². The molecule has 0 aromatic heterocycles. The van der Waals surface area contributed by atoms with E-state index in [0.717, 1.165) is 24.1 Å². The van der Waals surface area contributed by atoms with E-state index in [0.29, 0.717) is 25.4 Å². The number of carbonyl (C=O) groups is 1. The molecule has 1 saturated carbocycles. The third-order valence-corrected chi connectivity index (χ3v) is 8.00. The SMILES string of the molecule is CC(=O)N1CCc2cc(S(=O)(=O)NC[C@@H](c3ccccc3)C3CCCCC3)ccc21. The van der Waals surface area contributed by atoms with Gasteiger partial charge in [-0.2, -0.15) is 0 Å². The summed E-state index contributed by atoms with van der Waals surface area (Å²) in [5.41, 5.74) is 2.95. The molecule has 1 heterocycles. The number of carbonyl (C=O) groups excluding carboxylic acids is 1. The molecule has 1 atom stereocenters. The van der Waals surface area contributed by atoms with Gasteiger partial charge in [0.2, 0.25) is 15.9 Å². The molecule has 1 amide bonds. The van der Waals surface area contributed by atoms with Gasteiger partial charge in [0.15, 0.2) is 0 Å². The molecule has 6 heteroatoms. The van der Waals surface area contributed by atoms with Gasteiger partial charge >= 0.3 is 0 Å². The molecule has 0 unspecified atom stereocenters. The summed E-state index contributed by atoms with van der Waals surface area (Å²) >= 11 is 0. The van der Waals surface area contributed by atoms with Crippen molar-refractivity contribution in [3.05, 3.63) is 59.7 Å². The Bertz CT molecular complexity index is 998. The summed E-state index contributed by atoms with van der Waals surface area (Å²) in [6.45, 7) is 2.56. The Morgan fingerprint density at radius 2 is 1.83 bits per heavy atom. The average molecular weight is 427 g/mol. The van der Waals surface area contributed by atoms with Crippen LogP contribution in [0.1, 0.15) is 56.1 Å². The van der Waals surface area contributed by atoms with Gasteiger partial charge in [0.25, 0.3) is 0 Å². The number of fused-ring (bicyclic) bond motifs is 1. The summed E-state index contributed by atoms with van der Waals surface area (Å²) in [5, 5.41) is 0. The van der Waals surface area contributed by atoms with Crippen LogP contribution >= 0.6 is 0 Å². The molecule has 0 bridgehead atoms. The summed E-state index contributed by atoms with van der Waals surface area (Å²) in [6, 6.07) is 15.4. The molecule has 4 rings (SSSR count). The third kappa shape index (κ3) is 4.44. The second-order valence-electron chi connectivity index (χ2n) is 8.48. The first-order chi connectivity index (χ1) is 14.5. The van der Waals surface area contributed by atoms with Crippen molar-refractivity contribution in [1.82, 2.24) is 4.72 Å². The zero-order valence-corrected chi connectivity index (χ0v) is 18.3. The number of hydrogen-bond acceptors (Lipinski definition) is 3. The molecule has 2 aliphatic rings. The summed E-state index contributed by atoms with van der Waals surface area (Å²) < 4.78 is 29.0. The van der Waals surface area contributed by atoms with E-state index in [-0.39, 0.29) is 16.7 Å². The smallest absolute Gasteiger partial charge is 0.240 e. The maximum atomic E-state index is 13.1. The van der Waals surface area contributed by atoms with Crippen molar-refractivity contribution in [3.63, 3.8) is 0 Å². The van der Waals surface area contributed by atoms with Crippen LogP contribution in [0, 0.1) is 5.92 Å². The van der Waals surface area contributed by atoms with Crippen LogP contribution in [0.15, 0.2) is 53.4 Å². The Labute approximate surface area is 179 Å². The number of nitrogens with zero attached hydrogens (tertiary/aromatic N) is 1. The zero-order valence-electron chi connectivity index (χ0n) is 17.5. The van der Waals surface area contributed by atoms with Gasteiger partial charge in [0, 0.05) is 31.6 Å². The second-order valence-corrected chi connectivity index (χ2v) is 10.2. The van der Waals surface area contributed by atoms with E-state index in [9.17, 15) is 13.2 Å². The Hall–Kier alpha value is -2.18. The Kier molecular flexibility index (Phi) is 6.25. The van der Waals surface area contributed by atoms with Crippen LogP contribution < -0.4 is 9.62 Å². The number of hydrogen-bond donors (Lipinski definition) is 1. The molecule has 2 aromatic carbocycles. The molecular formula is C24H30N2O3S. The first-order valence-electron chi connectivity index (χ1n) is 10.9. The van der Waals surface area contributed by atoms with Crippen LogP contribution in [0.2, 0.25) is 0 Å². The summed E-state index contributed by atoms with van der Waals surface area (Å²) in [5.74, 6) is 0.678. The lowest BCUT2D eigenvalue weighted by Crippen LogP contribution is -2.32. The number of rotatable bonds is 6. The Morgan fingerprint density at radius 3 is 2.53 bits per heavy atom. The maximum Gasteiger partial charge on any atom is 0.240 e. The summed E-state index contributed by atoms with van der Waals surface area (Å²) in [4.78, 5) is 13.7. The number of anilines is 1. The molecule has 30 heavy (non-hydrogen) atoms. The van der Waals surface area contributed by atoms with E-state index >= 15 is 0 Å². The number of sulfonamides is 1. The van der Waals surface area contributed by atoms with Gasteiger partial charge in [-0.3, -0.25) is 4.79 Å². The molecule has 1 aliphatic heterocycles. The summed E-state index contributed by atoms with van der Waals surface area (Å²) in [6.07, 6.45) is 6.71. The molecule has 1 aliphatic carbocycles. The lowest BCUT2D eigenvalue weighted by Gasteiger charge is -2.31. The molecule has 1 fully saturated rings. The number of amides is 1. The van der Waals surface area contributed by atoms with Crippen molar-refractivity contribution >= 4 is 21.6 Å². The van der Waals surface area contributed by atoms with Crippen LogP contribution in [0.5, 0.6) is 0 Å². The molecular weight excluding hydrogens is 396 g/mol. The predicted octanol–water partition coefficient (Wildman–Crippen LogP) is 4.24. The van der Waals surface area contributed by atoms with Crippen LogP contribution in [-0.4, -0.2) is 27.4 Å². The lowest BCUT2D eigenvalue weighted by atomic mass is 9.77. The van der Waals surface area contributed by atoms with Crippen LogP contribution in [-0.2, 0) is 21.2 Å². The normalized spacial score (nSPS) is 18.2. The van der Waals surface area contributed by atoms with Gasteiger partial charge < -0.3 is 4.90 Å². The fraction of sp³-hybridized carbons (Fsp3) is 0.458. The molecule has 0 radical (unpaired) electrons. The fourth-order valence-electron chi connectivity index (χ4n) is 4.95. The van der Waals surface area contributed by atoms with Crippen molar-refractivity contribution in [3.8, 4) is 0 Å². The first-order valence-corrected chi connectivity index (χ1v) is 12.4. The van der Waals surface area contributed by atoms with E-state index in [4.69, 9.17) is 0 Å². The van der Waals surface area contributed by atoms with Crippen LogP contribution in [0.3, 0.4) is 0 Å². The van der Waals surface area contributed by atoms with Crippen LogP contribution in [0.25, 0.3) is 0 Å². The van der Waals surface area contributed by atoms with E-state index in [1.54, 1.807) is 23.1 Å². The number of nitrogens with one attached hydrogen (secondary N) is 1. The maximum absolute atomic E-state index is 13.1. The minimum atomic E-state index is -3.61. The van der Waals surface area contributed by atoms with E-state index in [2.05, 4.69) is 16.9 Å². The molecule has 0 spiro atoms. The van der Waals surface area contributed by atoms with Crippen molar-refractivity contribution in [1.29, 1.82) is 0 Å². The van der Waals surface area contributed by atoms with Gasteiger partial charge in [-0.15, -0.1) is 0 Å². The van der Waals surface area contributed by atoms with Gasteiger partial charge in [-0.25, -0.2) is 13.1 Å². The summed E-state index contributed by atoms with van der Waals surface area (Å²) in [7, 11) is -3.61.